The third-order valence-corrected chi connectivity index (χ3v) is 3.67. The molecule has 0 heterocycles. The van der Waals surface area contributed by atoms with Crippen molar-refractivity contribution in [3.8, 4) is 0 Å². The van der Waals surface area contributed by atoms with Crippen molar-refractivity contribution in [3.63, 3.8) is 0 Å². The maximum atomic E-state index is 12.3. The highest BCUT2D eigenvalue weighted by Gasteiger charge is 2.25. The summed E-state index contributed by atoms with van der Waals surface area (Å²) in [6.07, 6.45) is 4.60. The van der Waals surface area contributed by atoms with Gasteiger partial charge in [-0.05, 0) is 31.0 Å². The number of carbonyl (C=O) groups excluding carboxylic acids is 1. The van der Waals surface area contributed by atoms with E-state index in [1.54, 1.807) is 18.2 Å². The molecule has 1 aliphatic rings. The second kappa shape index (κ2) is 4.96. The van der Waals surface area contributed by atoms with Gasteiger partial charge < -0.3 is 10.6 Å². The smallest absolute Gasteiger partial charge is 0.255 e. The van der Waals surface area contributed by atoms with Crippen molar-refractivity contribution in [2.45, 2.75) is 31.7 Å². The van der Waals surface area contributed by atoms with E-state index in [-0.39, 0.29) is 5.91 Å². The Labute approximate surface area is 107 Å². The average molecular weight is 253 g/mol. The largest absolute Gasteiger partial charge is 0.398 e. The fourth-order valence-electron chi connectivity index (χ4n) is 2.38. The Morgan fingerprint density at radius 1 is 1.41 bits per heavy atom. The summed E-state index contributed by atoms with van der Waals surface area (Å²) < 4.78 is 0. The number of nitrogens with zero attached hydrogens (tertiary/aromatic N) is 1. The predicted molar refractivity (Wildman–Crippen MR) is 70.2 cm³/mol. The highest BCUT2D eigenvalue weighted by Crippen LogP contribution is 2.25. The van der Waals surface area contributed by atoms with Crippen LogP contribution in [0, 0.1) is 0 Å². The van der Waals surface area contributed by atoms with Crippen LogP contribution in [0.1, 0.15) is 36.0 Å². The van der Waals surface area contributed by atoms with Crippen molar-refractivity contribution < 1.29 is 4.79 Å². The van der Waals surface area contributed by atoms with E-state index in [0.29, 0.717) is 22.3 Å². The minimum absolute atomic E-state index is 0.00827. The summed E-state index contributed by atoms with van der Waals surface area (Å²) in [7, 11) is 1.85. The van der Waals surface area contributed by atoms with Gasteiger partial charge in [-0.1, -0.05) is 24.4 Å². The van der Waals surface area contributed by atoms with Crippen molar-refractivity contribution in [1.29, 1.82) is 0 Å². The first kappa shape index (κ1) is 12.2. The van der Waals surface area contributed by atoms with Crippen LogP contribution in [0.4, 0.5) is 5.69 Å². The molecule has 2 rings (SSSR count). The molecule has 1 aromatic rings. The topological polar surface area (TPSA) is 46.3 Å². The highest BCUT2D eigenvalue weighted by molar-refractivity contribution is 6.31. The SMILES string of the molecule is CN(C(=O)c1ccc(Cl)cc1N)C1CCCC1. The molecule has 17 heavy (non-hydrogen) atoms. The van der Waals surface area contributed by atoms with Gasteiger partial charge in [-0.2, -0.15) is 0 Å². The Bertz CT molecular complexity index is 427. The van der Waals surface area contributed by atoms with Crippen molar-refractivity contribution in [3.05, 3.63) is 28.8 Å². The number of hydrogen-bond donors (Lipinski definition) is 1. The molecular weight excluding hydrogens is 236 g/mol. The summed E-state index contributed by atoms with van der Waals surface area (Å²) in [6.45, 7) is 0. The standard InChI is InChI=1S/C13H17ClN2O/c1-16(10-4-2-3-5-10)13(17)11-7-6-9(14)8-12(11)15/h6-8,10H,2-5,15H2,1H3. The molecular formula is C13H17ClN2O. The normalized spacial score (nSPS) is 16.1. The van der Waals surface area contributed by atoms with Crippen molar-refractivity contribution >= 4 is 23.2 Å². The van der Waals surface area contributed by atoms with Crippen LogP contribution in [0.25, 0.3) is 0 Å². The highest BCUT2D eigenvalue weighted by atomic mass is 35.5. The van der Waals surface area contributed by atoms with E-state index in [9.17, 15) is 4.79 Å². The van der Waals surface area contributed by atoms with Gasteiger partial charge >= 0.3 is 0 Å². The molecule has 1 aliphatic carbocycles. The number of nitrogen functional groups attached to an aromatic ring is 1. The monoisotopic (exact) mass is 252 g/mol. The molecule has 2 N–H and O–H groups in total. The molecule has 0 aliphatic heterocycles. The Kier molecular flexibility index (Phi) is 3.57. The molecule has 0 saturated heterocycles. The minimum Gasteiger partial charge on any atom is -0.398 e. The van der Waals surface area contributed by atoms with E-state index < -0.39 is 0 Å². The molecule has 0 atom stereocenters. The van der Waals surface area contributed by atoms with Crippen LogP contribution in [-0.4, -0.2) is 23.9 Å². The van der Waals surface area contributed by atoms with Crippen molar-refractivity contribution in [2.75, 3.05) is 12.8 Å². The van der Waals surface area contributed by atoms with Crippen LogP contribution in [0.15, 0.2) is 18.2 Å². The zero-order valence-corrected chi connectivity index (χ0v) is 10.7. The number of rotatable bonds is 2. The maximum absolute atomic E-state index is 12.3. The van der Waals surface area contributed by atoms with Crippen molar-refractivity contribution in [2.24, 2.45) is 0 Å². The molecule has 1 saturated carbocycles. The Morgan fingerprint density at radius 2 is 2.06 bits per heavy atom. The van der Waals surface area contributed by atoms with E-state index in [0.717, 1.165) is 12.8 Å². The zero-order chi connectivity index (χ0) is 12.4. The van der Waals surface area contributed by atoms with Gasteiger partial charge in [-0.3, -0.25) is 4.79 Å². The summed E-state index contributed by atoms with van der Waals surface area (Å²) in [6, 6.07) is 5.38. The zero-order valence-electron chi connectivity index (χ0n) is 9.95. The third-order valence-electron chi connectivity index (χ3n) is 3.44. The first-order valence-electron chi connectivity index (χ1n) is 5.92. The first-order valence-corrected chi connectivity index (χ1v) is 6.29. The number of anilines is 1. The summed E-state index contributed by atoms with van der Waals surface area (Å²) >= 11 is 5.82. The Hall–Kier alpha value is -1.22. The molecule has 1 amide bonds. The molecule has 0 aromatic heterocycles. The summed E-state index contributed by atoms with van der Waals surface area (Å²) in [5.41, 5.74) is 6.82. The van der Waals surface area contributed by atoms with E-state index >= 15 is 0 Å². The molecule has 1 aromatic carbocycles. The van der Waals surface area contributed by atoms with E-state index in [1.807, 2.05) is 11.9 Å². The van der Waals surface area contributed by atoms with E-state index in [2.05, 4.69) is 0 Å². The molecule has 92 valence electrons. The lowest BCUT2D eigenvalue weighted by atomic mass is 10.1. The van der Waals surface area contributed by atoms with Gasteiger partial charge in [0.2, 0.25) is 0 Å². The number of carbonyl (C=O) groups is 1. The van der Waals surface area contributed by atoms with Gasteiger partial charge in [0.25, 0.3) is 5.91 Å². The minimum atomic E-state index is -0.00827. The lowest BCUT2D eigenvalue weighted by Crippen LogP contribution is -2.35. The van der Waals surface area contributed by atoms with Gasteiger partial charge in [-0.15, -0.1) is 0 Å². The second-order valence-electron chi connectivity index (χ2n) is 4.59. The number of nitrogens with two attached hydrogens (primary N) is 1. The van der Waals surface area contributed by atoms with Gasteiger partial charge in [0, 0.05) is 23.8 Å². The van der Waals surface area contributed by atoms with Crippen molar-refractivity contribution in [1.82, 2.24) is 4.90 Å². The predicted octanol–water partition coefficient (Wildman–Crippen LogP) is 2.94. The van der Waals surface area contributed by atoms with Crippen LogP contribution in [0.2, 0.25) is 5.02 Å². The first-order chi connectivity index (χ1) is 8.09. The van der Waals surface area contributed by atoms with Crippen LogP contribution in [0.3, 0.4) is 0 Å². The molecule has 3 nitrogen and oxygen atoms in total. The van der Waals surface area contributed by atoms with Crippen LogP contribution in [0.5, 0.6) is 0 Å². The van der Waals surface area contributed by atoms with Gasteiger partial charge in [-0.25, -0.2) is 0 Å². The van der Waals surface area contributed by atoms with Gasteiger partial charge in [0.05, 0.1) is 5.56 Å². The van der Waals surface area contributed by atoms with E-state index in [4.69, 9.17) is 17.3 Å². The summed E-state index contributed by atoms with van der Waals surface area (Å²) in [5.74, 6) is -0.00827. The number of amides is 1. The number of hydrogen-bond acceptors (Lipinski definition) is 2. The third kappa shape index (κ3) is 2.55. The molecule has 1 fully saturated rings. The Morgan fingerprint density at radius 3 is 2.65 bits per heavy atom. The lowest BCUT2D eigenvalue weighted by molar-refractivity contribution is 0.0736. The van der Waals surface area contributed by atoms with Crippen LogP contribution < -0.4 is 5.73 Å². The second-order valence-corrected chi connectivity index (χ2v) is 5.02. The molecule has 4 heteroatoms. The molecule has 0 spiro atoms. The lowest BCUT2D eigenvalue weighted by Gasteiger charge is -2.24. The molecule has 0 radical (unpaired) electrons. The van der Waals surface area contributed by atoms with Gasteiger partial charge in [0.1, 0.15) is 0 Å². The fourth-order valence-corrected chi connectivity index (χ4v) is 2.56. The summed E-state index contributed by atoms with van der Waals surface area (Å²) in [4.78, 5) is 14.1. The van der Waals surface area contributed by atoms with Crippen LogP contribution >= 0.6 is 11.6 Å². The van der Waals surface area contributed by atoms with Gasteiger partial charge in [0.15, 0.2) is 0 Å². The van der Waals surface area contributed by atoms with E-state index in [1.165, 1.54) is 12.8 Å². The maximum Gasteiger partial charge on any atom is 0.255 e. The fraction of sp³-hybridized carbons (Fsp3) is 0.462. The number of halogens is 1. The number of benzene rings is 1. The average Bonchev–Trinajstić information content (AvgIpc) is 2.80. The van der Waals surface area contributed by atoms with Crippen LogP contribution in [-0.2, 0) is 0 Å². The molecule has 0 unspecified atom stereocenters. The quantitative estimate of drug-likeness (QED) is 0.823. The summed E-state index contributed by atoms with van der Waals surface area (Å²) in [5, 5.41) is 0.558. The Balaban J connectivity index is 2.18. The molecule has 0 bridgehead atoms.